The zero-order chi connectivity index (χ0) is 11.4. The highest BCUT2D eigenvalue weighted by molar-refractivity contribution is 5.66. The van der Waals surface area contributed by atoms with Gasteiger partial charge >= 0.3 is 5.69 Å². The van der Waals surface area contributed by atoms with E-state index in [1.165, 1.54) is 6.20 Å². The van der Waals surface area contributed by atoms with E-state index in [9.17, 15) is 4.79 Å². The van der Waals surface area contributed by atoms with Crippen molar-refractivity contribution in [2.45, 2.75) is 6.92 Å². The summed E-state index contributed by atoms with van der Waals surface area (Å²) in [5, 5.41) is 0. The third-order valence-electron chi connectivity index (χ3n) is 2.15. The predicted octanol–water partition coefficient (Wildman–Crippen LogP) is 1.84. The first-order chi connectivity index (χ1) is 7.81. The lowest BCUT2D eigenvalue weighted by Crippen LogP contribution is -2.09. The summed E-state index contributed by atoms with van der Waals surface area (Å²) in [6.07, 6.45) is 1.48. The van der Waals surface area contributed by atoms with Crippen LogP contribution in [0.4, 0.5) is 0 Å². The molecule has 0 aliphatic heterocycles. The molecule has 1 N–H and O–H groups in total. The molecule has 1 aromatic heterocycles. The number of ether oxygens (including phenoxy) is 1. The molecule has 0 saturated carbocycles. The topological polar surface area (TPSA) is 55.0 Å². The van der Waals surface area contributed by atoms with Crippen LogP contribution in [-0.2, 0) is 0 Å². The first-order valence-corrected chi connectivity index (χ1v) is 5.09. The number of aromatic nitrogens is 2. The molecule has 0 amide bonds. The molecular weight excluding hydrogens is 204 g/mol. The molecule has 2 rings (SSSR count). The van der Waals surface area contributed by atoms with E-state index in [0.717, 1.165) is 11.3 Å². The van der Waals surface area contributed by atoms with Gasteiger partial charge in [-0.3, -0.25) is 0 Å². The minimum absolute atomic E-state index is 0.358. The van der Waals surface area contributed by atoms with Crippen molar-refractivity contribution in [2.75, 3.05) is 6.61 Å². The Morgan fingerprint density at radius 2 is 2.12 bits per heavy atom. The number of benzene rings is 1. The average molecular weight is 216 g/mol. The average Bonchev–Trinajstić information content (AvgIpc) is 2.30. The van der Waals surface area contributed by atoms with E-state index in [4.69, 9.17) is 4.74 Å². The zero-order valence-corrected chi connectivity index (χ0v) is 8.93. The summed E-state index contributed by atoms with van der Waals surface area (Å²) in [6.45, 7) is 2.51. The molecule has 1 heterocycles. The van der Waals surface area contributed by atoms with Crippen molar-refractivity contribution in [3.63, 3.8) is 0 Å². The van der Waals surface area contributed by atoms with Gasteiger partial charge in [0.15, 0.2) is 0 Å². The summed E-state index contributed by atoms with van der Waals surface area (Å²) in [6, 6.07) is 9.32. The van der Waals surface area contributed by atoms with E-state index in [0.29, 0.717) is 12.3 Å². The number of rotatable bonds is 3. The summed E-state index contributed by atoms with van der Waals surface area (Å²) < 4.78 is 5.49. The van der Waals surface area contributed by atoms with E-state index < -0.39 is 0 Å². The van der Waals surface area contributed by atoms with Crippen LogP contribution < -0.4 is 10.4 Å². The van der Waals surface area contributed by atoms with Gasteiger partial charge in [0.2, 0.25) is 0 Å². The van der Waals surface area contributed by atoms with E-state index >= 15 is 0 Å². The van der Waals surface area contributed by atoms with Gasteiger partial charge in [-0.1, -0.05) is 12.1 Å². The molecule has 2 aromatic rings. The molecule has 0 bridgehead atoms. The highest BCUT2D eigenvalue weighted by Crippen LogP contribution is 2.27. The molecule has 0 fully saturated rings. The highest BCUT2D eigenvalue weighted by Gasteiger charge is 2.05. The standard InChI is InChI=1S/C12H12N2O2/c1-2-16-11-6-4-3-5-9(11)10-7-8-13-12(15)14-10/h3-8H,2H2,1H3,(H,13,14,15). The van der Waals surface area contributed by atoms with Gasteiger partial charge in [0.1, 0.15) is 5.75 Å². The zero-order valence-electron chi connectivity index (χ0n) is 8.93. The number of H-pyrrole nitrogens is 1. The van der Waals surface area contributed by atoms with Crippen molar-refractivity contribution < 1.29 is 4.74 Å². The normalized spacial score (nSPS) is 10.1. The number of nitrogens with one attached hydrogen (secondary N) is 1. The second kappa shape index (κ2) is 4.61. The van der Waals surface area contributed by atoms with Crippen LogP contribution in [0.5, 0.6) is 5.75 Å². The predicted molar refractivity (Wildman–Crippen MR) is 61.5 cm³/mol. The smallest absolute Gasteiger partial charge is 0.345 e. The minimum atomic E-state index is -0.358. The van der Waals surface area contributed by atoms with E-state index in [1.807, 2.05) is 31.2 Å². The largest absolute Gasteiger partial charge is 0.493 e. The second-order valence-corrected chi connectivity index (χ2v) is 3.22. The molecule has 16 heavy (non-hydrogen) atoms. The van der Waals surface area contributed by atoms with Crippen LogP contribution in [-0.4, -0.2) is 16.6 Å². The molecule has 0 aliphatic carbocycles. The molecule has 0 radical (unpaired) electrons. The molecule has 0 spiro atoms. The van der Waals surface area contributed by atoms with Gasteiger partial charge in [0.25, 0.3) is 0 Å². The molecule has 0 aliphatic rings. The maximum Gasteiger partial charge on any atom is 0.345 e. The Kier molecular flexibility index (Phi) is 3.00. The number of aromatic amines is 1. The van der Waals surface area contributed by atoms with Crippen molar-refractivity contribution >= 4 is 0 Å². The first-order valence-electron chi connectivity index (χ1n) is 5.09. The van der Waals surface area contributed by atoms with Crippen LogP contribution in [0, 0.1) is 0 Å². The van der Waals surface area contributed by atoms with E-state index in [2.05, 4.69) is 9.97 Å². The Labute approximate surface area is 92.9 Å². The fourth-order valence-corrected chi connectivity index (χ4v) is 1.50. The maximum atomic E-state index is 11.1. The Hall–Kier alpha value is -2.10. The summed E-state index contributed by atoms with van der Waals surface area (Å²) in [4.78, 5) is 17.4. The second-order valence-electron chi connectivity index (χ2n) is 3.22. The Morgan fingerprint density at radius 3 is 2.88 bits per heavy atom. The van der Waals surface area contributed by atoms with E-state index in [-0.39, 0.29) is 5.69 Å². The number of hydrogen-bond donors (Lipinski definition) is 1. The quantitative estimate of drug-likeness (QED) is 0.851. The lowest BCUT2D eigenvalue weighted by Gasteiger charge is -2.09. The molecule has 1 aromatic carbocycles. The minimum Gasteiger partial charge on any atom is -0.493 e. The SMILES string of the molecule is CCOc1ccccc1-c1ccnc(=O)[nH]1. The van der Waals surface area contributed by atoms with Crippen molar-refractivity contribution in [1.29, 1.82) is 0 Å². The number of hydrogen-bond acceptors (Lipinski definition) is 3. The van der Waals surface area contributed by atoms with Crippen LogP contribution >= 0.6 is 0 Å². The van der Waals surface area contributed by atoms with Crippen LogP contribution in [0.2, 0.25) is 0 Å². The van der Waals surface area contributed by atoms with Crippen molar-refractivity contribution in [3.8, 4) is 17.0 Å². The lowest BCUT2D eigenvalue weighted by atomic mass is 10.1. The number of nitrogens with zero attached hydrogens (tertiary/aromatic N) is 1. The third kappa shape index (κ3) is 2.11. The molecule has 82 valence electrons. The fraction of sp³-hybridized carbons (Fsp3) is 0.167. The summed E-state index contributed by atoms with van der Waals surface area (Å²) in [5.74, 6) is 0.756. The summed E-state index contributed by atoms with van der Waals surface area (Å²) >= 11 is 0. The van der Waals surface area contributed by atoms with Crippen LogP contribution in [0.3, 0.4) is 0 Å². The monoisotopic (exact) mass is 216 g/mol. The number of para-hydroxylation sites is 1. The molecule has 0 saturated heterocycles. The molecule has 4 heteroatoms. The molecule has 4 nitrogen and oxygen atoms in total. The Morgan fingerprint density at radius 1 is 1.31 bits per heavy atom. The molecular formula is C12H12N2O2. The van der Waals surface area contributed by atoms with Crippen LogP contribution in [0.1, 0.15) is 6.92 Å². The maximum absolute atomic E-state index is 11.1. The van der Waals surface area contributed by atoms with Crippen molar-refractivity contribution in [3.05, 3.63) is 47.0 Å². The van der Waals surface area contributed by atoms with Crippen molar-refractivity contribution in [2.24, 2.45) is 0 Å². The van der Waals surface area contributed by atoms with Gasteiger partial charge in [0, 0.05) is 11.8 Å². The Bertz CT molecular complexity index is 534. The fourth-order valence-electron chi connectivity index (χ4n) is 1.50. The Balaban J connectivity index is 2.51. The van der Waals surface area contributed by atoms with Gasteiger partial charge in [-0.15, -0.1) is 0 Å². The van der Waals surface area contributed by atoms with Gasteiger partial charge in [0.05, 0.1) is 12.3 Å². The van der Waals surface area contributed by atoms with Gasteiger partial charge in [-0.05, 0) is 25.1 Å². The third-order valence-corrected chi connectivity index (χ3v) is 2.15. The van der Waals surface area contributed by atoms with Crippen molar-refractivity contribution in [1.82, 2.24) is 9.97 Å². The molecule has 0 unspecified atom stereocenters. The van der Waals surface area contributed by atoms with Gasteiger partial charge in [-0.25, -0.2) is 9.78 Å². The first kappa shape index (κ1) is 10.4. The summed E-state index contributed by atoms with van der Waals surface area (Å²) in [7, 11) is 0. The lowest BCUT2D eigenvalue weighted by molar-refractivity contribution is 0.341. The highest BCUT2D eigenvalue weighted by atomic mass is 16.5. The van der Waals surface area contributed by atoms with Crippen LogP contribution in [0.15, 0.2) is 41.3 Å². The summed E-state index contributed by atoms with van der Waals surface area (Å²) in [5.41, 5.74) is 1.22. The van der Waals surface area contributed by atoms with Gasteiger partial charge < -0.3 is 9.72 Å². The van der Waals surface area contributed by atoms with E-state index in [1.54, 1.807) is 6.07 Å². The van der Waals surface area contributed by atoms with Gasteiger partial charge in [-0.2, -0.15) is 0 Å². The van der Waals surface area contributed by atoms with Crippen LogP contribution in [0.25, 0.3) is 11.3 Å². The molecule has 0 atom stereocenters.